The van der Waals surface area contributed by atoms with Crippen LogP contribution in [0.5, 0.6) is 5.75 Å². The molecule has 0 saturated heterocycles. The number of carbonyl (C=O) groups excluding carboxylic acids is 2. The molecule has 0 bridgehead atoms. The molecule has 7 heteroatoms. The van der Waals surface area contributed by atoms with Gasteiger partial charge < -0.3 is 14.8 Å². The molecule has 2 rings (SSSR count). The summed E-state index contributed by atoms with van der Waals surface area (Å²) in [5, 5.41) is 4.90. The molecular formula is C18H22N2O4S. The third kappa shape index (κ3) is 5.86. The molecule has 6 nitrogen and oxygen atoms in total. The molecule has 2 aromatic rings. The van der Waals surface area contributed by atoms with Gasteiger partial charge in [0.25, 0.3) is 5.91 Å². The van der Waals surface area contributed by atoms with Crippen molar-refractivity contribution >= 4 is 23.2 Å². The van der Waals surface area contributed by atoms with Crippen molar-refractivity contribution in [3.05, 3.63) is 35.3 Å². The average Bonchev–Trinajstić information content (AvgIpc) is 3.02. The molecule has 0 aliphatic carbocycles. The summed E-state index contributed by atoms with van der Waals surface area (Å²) in [7, 11) is 0. The van der Waals surface area contributed by atoms with Crippen LogP contribution in [0.3, 0.4) is 0 Å². The standard InChI is InChI=1S/C18H22N2O4S/c1-11(2)23-14-7-5-13(6-8-14)18-20-15(10-25-18)17(22)19-9-16(21)24-12(3)4/h5-8,10-12H,9H2,1-4H3,(H,19,22). The largest absolute Gasteiger partial charge is 0.491 e. The van der Waals surface area contributed by atoms with Crippen molar-refractivity contribution in [2.24, 2.45) is 0 Å². The van der Waals surface area contributed by atoms with Gasteiger partial charge in [-0.1, -0.05) is 0 Å². The van der Waals surface area contributed by atoms with Gasteiger partial charge in [-0.05, 0) is 52.0 Å². The molecule has 0 atom stereocenters. The molecule has 1 amide bonds. The molecule has 134 valence electrons. The summed E-state index contributed by atoms with van der Waals surface area (Å²) in [5.74, 6) is -0.0838. The summed E-state index contributed by atoms with van der Waals surface area (Å²) in [4.78, 5) is 27.8. The number of amides is 1. The maximum absolute atomic E-state index is 12.1. The fourth-order valence-electron chi connectivity index (χ4n) is 2.01. The molecule has 0 saturated carbocycles. The van der Waals surface area contributed by atoms with Crippen molar-refractivity contribution in [1.29, 1.82) is 0 Å². The molecule has 1 heterocycles. The highest BCUT2D eigenvalue weighted by molar-refractivity contribution is 7.13. The molecule has 25 heavy (non-hydrogen) atoms. The number of hydrogen-bond donors (Lipinski definition) is 1. The zero-order valence-electron chi connectivity index (χ0n) is 14.7. The maximum Gasteiger partial charge on any atom is 0.325 e. The lowest BCUT2D eigenvalue weighted by Crippen LogP contribution is -2.31. The Hall–Kier alpha value is -2.41. The number of hydrogen-bond acceptors (Lipinski definition) is 6. The zero-order valence-corrected chi connectivity index (χ0v) is 15.6. The Kier molecular flexibility index (Phi) is 6.52. The van der Waals surface area contributed by atoms with Gasteiger partial charge in [-0.3, -0.25) is 9.59 Å². The second-order valence-electron chi connectivity index (χ2n) is 5.95. The van der Waals surface area contributed by atoms with Gasteiger partial charge in [0.15, 0.2) is 0 Å². The Morgan fingerprint density at radius 1 is 1.12 bits per heavy atom. The van der Waals surface area contributed by atoms with Crippen LogP contribution in [0.1, 0.15) is 38.2 Å². The van der Waals surface area contributed by atoms with E-state index in [4.69, 9.17) is 9.47 Å². The maximum atomic E-state index is 12.1. The highest BCUT2D eigenvalue weighted by Crippen LogP contribution is 2.26. The predicted molar refractivity (Wildman–Crippen MR) is 96.9 cm³/mol. The van der Waals surface area contributed by atoms with Gasteiger partial charge in [0.1, 0.15) is 23.0 Å². The molecule has 0 unspecified atom stereocenters. The first-order chi connectivity index (χ1) is 11.8. The van der Waals surface area contributed by atoms with Gasteiger partial charge in [0.05, 0.1) is 12.2 Å². The fourth-order valence-corrected chi connectivity index (χ4v) is 2.81. The first-order valence-electron chi connectivity index (χ1n) is 8.05. The summed E-state index contributed by atoms with van der Waals surface area (Å²) in [6.07, 6.45) is -0.0960. The Balaban J connectivity index is 1.97. The number of benzene rings is 1. The van der Waals surface area contributed by atoms with Crippen molar-refractivity contribution in [2.75, 3.05) is 6.54 Å². The van der Waals surface area contributed by atoms with E-state index in [1.54, 1.807) is 19.2 Å². The summed E-state index contributed by atoms with van der Waals surface area (Å²) < 4.78 is 10.6. The van der Waals surface area contributed by atoms with Crippen LogP contribution in [-0.2, 0) is 9.53 Å². The molecule has 1 aromatic heterocycles. The summed E-state index contributed by atoms with van der Waals surface area (Å²) in [5.41, 5.74) is 1.18. The zero-order chi connectivity index (χ0) is 18.4. The Morgan fingerprint density at radius 2 is 1.80 bits per heavy atom. The van der Waals surface area contributed by atoms with E-state index in [2.05, 4.69) is 10.3 Å². The predicted octanol–water partition coefficient (Wildman–Crippen LogP) is 3.28. The van der Waals surface area contributed by atoms with E-state index in [1.165, 1.54) is 11.3 Å². The van der Waals surface area contributed by atoms with Gasteiger partial charge in [-0.25, -0.2) is 4.98 Å². The Morgan fingerprint density at radius 3 is 2.40 bits per heavy atom. The summed E-state index contributed by atoms with van der Waals surface area (Å²) >= 11 is 1.37. The van der Waals surface area contributed by atoms with E-state index in [1.807, 2.05) is 38.1 Å². The lowest BCUT2D eigenvalue weighted by atomic mass is 10.2. The first-order valence-corrected chi connectivity index (χ1v) is 8.93. The number of esters is 1. The number of nitrogens with zero attached hydrogens (tertiary/aromatic N) is 1. The highest BCUT2D eigenvalue weighted by atomic mass is 32.1. The van der Waals surface area contributed by atoms with Crippen molar-refractivity contribution in [2.45, 2.75) is 39.9 Å². The van der Waals surface area contributed by atoms with Crippen molar-refractivity contribution in [3.63, 3.8) is 0 Å². The van der Waals surface area contributed by atoms with Crippen LogP contribution in [0.25, 0.3) is 10.6 Å². The van der Waals surface area contributed by atoms with E-state index >= 15 is 0 Å². The van der Waals surface area contributed by atoms with Crippen molar-refractivity contribution < 1.29 is 19.1 Å². The molecule has 0 fully saturated rings. The average molecular weight is 362 g/mol. The molecule has 0 aliphatic heterocycles. The molecule has 0 radical (unpaired) electrons. The van der Waals surface area contributed by atoms with Crippen molar-refractivity contribution in [1.82, 2.24) is 10.3 Å². The third-order valence-electron chi connectivity index (χ3n) is 2.97. The number of rotatable bonds is 7. The lowest BCUT2D eigenvalue weighted by Gasteiger charge is -2.09. The van der Waals surface area contributed by atoms with E-state index in [0.29, 0.717) is 0 Å². The number of ether oxygens (including phenoxy) is 2. The van der Waals surface area contributed by atoms with Crippen LogP contribution in [0.2, 0.25) is 0 Å². The van der Waals surface area contributed by atoms with Gasteiger partial charge in [0, 0.05) is 10.9 Å². The van der Waals surface area contributed by atoms with Gasteiger partial charge in [-0.15, -0.1) is 11.3 Å². The minimum Gasteiger partial charge on any atom is -0.491 e. The Labute approximate surface area is 151 Å². The molecule has 0 aliphatic rings. The quantitative estimate of drug-likeness (QED) is 0.765. The smallest absolute Gasteiger partial charge is 0.325 e. The molecule has 1 aromatic carbocycles. The minimum absolute atomic E-state index is 0.114. The summed E-state index contributed by atoms with van der Waals surface area (Å²) in [6.45, 7) is 7.27. The van der Waals surface area contributed by atoms with Crippen LogP contribution in [0.4, 0.5) is 0 Å². The normalized spacial score (nSPS) is 10.8. The van der Waals surface area contributed by atoms with E-state index in [0.717, 1.165) is 16.3 Å². The van der Waals surface area contributed by atoms with Gasteiger partial charge in [0.2, 0.25) is 0 Å². The molecular weight excluding hydrogens is 340 g/mol. The van der Waals surface area contributed by atoms with Crippen molar-refractivity contribution in [3.8, 4) is 16.3 Å². The van der Waals surface area contributed by atoms with Crippen LogP contribution >= 0.6 is 11.3 Å². The van der Waals surface area contributed by atoms with Gasteiger partial charge in [-0.2, -0.15) is 0 Å². The van der Waals surface area contributed by atoms with Crippen LogP contribution in [0, 0.1) is 0 Å². The third-order valence-corrected chi connectivity index (χ3v) is 3.86. The van der Waals surface area contributed by atoms with E-state index in [-0.39, 0.29) is 24.4 Å². The minimum atomic E-state index is -0.473. The lowest BCUT2D eigenvalue weighted by molar-refractivity contribution is -0.146. The topological polar surface area (TPSA) is 77.5 Å². The van der Waals surface area contributed by atoms with Crippen LogP contribution in [-0.4, -0.2) is 35.6 Å². The highest BCUT2D eigenvalue weighted by Gasteiger charge is 2.14. The Bertz CT molecular complexity index is 723. The monoisotopic (exact) mass is 362 g/mol. The van der Waals surface area contributed by atoms with E-state index in [9.17, 15) is 9.59 Å². The molecule has 0 spiro atoms. The number of nitrogens with one attached hydrogen (secondary N) is 1. The fraction of sp³-hybridized carbons (Fsp3) is 0.389. The summed E-state index contributed by atoms with van der Waals surface area (Å²) in [6, 6.07) is 7.55. The first kappa shape index (κ1) is 18.9. The molecule has 1 N–H and O–H groups in total. The van der Waals surface area contributed by atoms with Crippen LogP contribution < -0.4 is 10.1 Å². The SMILES string of the molecule is CC(C)OC(=O)CNC(=O)c1csc(-c2ccc(OC(C)C)cc2)n1. The number of aromatic nitrogens is 1. The van der Waals surface area contributed by atoms with Crippen LogP contribution in [0.15, 0.2) is 29.6 Å². The second-order valence-corrected chi connectivity index (χ2v) is 6.81. The van der Waals surface area contributed by atoms with Gasteiger partial charge >= 0.3 is 5.97 Å². The number of thiazole rings is 1. The number of carbonyl (C=O) groups is 2. The van der Waals surface area contributed by atoms with E-state index < -0.39 is 11.9 Å². The second kappa shape index (κ2) is 8.62.